The third kappa shape index (κ3) is 2.54. The Kier molecular flexibility index (Phi) is 3.96. The number of halogens is 1. The van der Waals surface area contributed by atoms with Crippen molar-refractivity contribution in [2.75, 3.05) is 25.5 Å². The van der Waals surface area contributed by atoms with Gasteiger partial charge < -0.3 is 10.5 Å². The Hall–Kier alpha value is -0.630. The zero-order chi connectivity index (χ0) is 13.3. The van der Waals surface area contributed by atoms with Crippen molar-refractivity contribution < 1.29 is 13.2 Å². The van der Waals surface area contributed by atoms with Gasteiger partial charge in [-0.1, -0.05) is 0 Å². The predicted molar refractivity (Wildman–Crippen MR) is 72.7 cm³/mol. The molecule has 1 unspecified atom stereocenters. The van der Waals surface area contributed by atoms with E-state index in [2.05, 4.69) is 15.9 Å². The SMILES string of the molecule is CC1COCCN1S(=O)(=O)c1cc(N)ccc1Br. The summed E-state index contributed by atoms with van der Waals surface area (Å²) in [6, 6.07) is 4.61. The van der Waals surface area contributed by atoms with E-state index in [4.69, 9.17) is 10.5 Å². The highest BCUT2D eigenvalue weighted by Crippen LogP contribution is 2.28. The molecule has 2 rings (SSSR count). The average molecular weight is 335 g/mol. The lowest BCUT2D eigenvalue weighted by atomic mass is 10.3. The smallest absolute Gasteiger partial charge is 0.244 e. The van der Waals surface area contributed by atoms with Crippen molar-refractivity contribution in [2.24, 2.45) is 0 Å². The van der Waals surface area contributed by atoms with Gasteiger partial charge in [-0.15, -0.1) is 0 Å². The number of morpholine rings is 1. The van der Waals surface area contributed by atoms with Crippen molar-refractivity contribution in [1.82, 2.24) is 4.31 Å². The van der Waals surface area contributed by atoms with Crippen molar-refractivity contribution in [3.05, 3.63) is 22.7 Å². The van der Waals surface area contributed by atoms with Crippen molar-refractivity contribution in [1.29, 1.82) is 0 Å². The van der Waals surface area contributed by atoms with Crippen LogP contribution in [0, 0.1) is 0 Å². The van der Waals surface area contributed by atoms with Crippen LogP contribution in [0.25, 0.3) is 0 Å². The van der Waals surface area contributed by atoms with E-state index in [1.165, 1.54) is 10.4 Å². The second-order valence-electron chi connectivity index (χ2n) is 4.23. The zero-order valence-electron chi connectivity index (χ0n) is 9.97. The van der Waals surface area contributed by atoms with Gasteiger partial charge in [-0.05, 0) is 41.1 Å². The van der Waals surface area contributed by atoms with E-state index in [0.29, 0.717) is 29.9 Å². The first-order valence-corrected chi connectivity index (χ1v) is 7.81. The van der Waals surface area contributed by atoms with Crippen molar-refractivity contribution in [3.63, 3.8) is 0 Å². The number of hydrogen-bond acceptors (Lipinski definition) is 4. The lowest BCUT2D eigenvalue weighted by molar-refractivity contribution is 0.0392. The molecule has 1 fully saturated rings. The summed E-state index contributed by atoms with van der Waals surface area (Å²) in [5.41, 5.74) is 6.09. The maximum absolute atomic E-state index is 12.6. The molecule has 100 valence electrons. The minimum absolute atomic E-state index is 0.169. The van der Waals surface area contributed by atoms with Gasteiger partial charge in [-0.3, -0.25) is 0 Å². The second-order valence-corrected chi connectivity index (χ2v) is 6.94. The third-order valence-corrected chi connectivity index (χ3v) is 5.86. The number of nitrogen functional groups attached to an aromatic ring is 1. The summed E-state index contributed by atoms with van der Waals surface area (Å²) in [5, 5.41) is 0. The van der Waals surface area contributed by atoms with Gasteiger partial charge in [0.2, 0.25) is 10.0 Å². The Morgan fingerprint density at radius 2 is 2.22 bits per heavy atom. The molecule has 0 amide bonds. The normalized spacial score (nSPS) is 22.0. The van der Waals surface area contributed by atoms with E-state index < -0.39 is 10.0 Å². The standard InChI is InChI=1S/C11H15BrN2O3S/c1-8-7-17-5-4-14(8)18(15,16)11-6-9(13)2-3-10(11)12/h2-3,6,8H,4-5,7,13H2,1H3. The quantitative estimate of drug-likeness (QED) is 0.830. The molecule has 5 nitrogen and oxygen atoms in total. The van der Waals surface area contributed by atoms with Crippen molar-refractivity contribution in [3.8, 4) is 0 Å². The first kappa shape index (κ1) is 13.8. The van der Waals surface area contributed by atoms with Crippen LogP contribution in [-0.4, -0.2) is 38.5 Å². The monoisotopic (exact) mass is 334 g/mol. The molecule has 0 saturated carbocycles. The number of ether oxygens (including phenoxy) is 1. The summed E-state index contributed by atoms with van der Waals surface area (Å²) in [6.07, 6.45) is 0. The van der Waals surface area contributed by atoms with Gasteiger partial charge >= 0.3 is 0 Å². The van der Waals surface area contributed by atoms with E-state index >= 15 is 0 Å². The summed E-state index contributed by atoms with van der Waals surface area (Å²) >= 11 is 3.26. The molecular formula is C11H15BrN2O3S. The Morgan fingerprint density at radius 3 is 2.89 bits per heavy atom. The van der Waals surface area contributed by atoms with Gasteiger partial charge in [-0.25, -0.2) is 8.42 Å². The van der Waals surface area contributed by atoms with Crippen LogP contribution in [0.1, 0.15) is 6.92 Å². The number of rotatable bonds is 2. The topological polar surface area (TPSA) is 72.6 Å². The number of nitrogens with zero attached hydrogens (tertiary/aromatic N) is 1. The minimum Gasteiger partial charge on any atom is -0.399 e. The number of anilines is 1. The fourth-order valence-electron chi connectivity index (χ4n) is 1.91. The molecule has 0 radical (unpaired) electrons. The Morgan fingerprint density at radius 1 is 1.50 bits per heavy atom. The fraction of sp³-hybridized carbons (Fsp3) is 0.455. The predicted octanol–water partition coefficient (Wildman–Crippen LogP) is 1.44. The van der Waals surface area contributed by atoms with Gasteiger partial charge in [0, 0.05) is 22.7 Å². The van der Waals surface area contributed by atoms with Crippen LogP contribution in [0.5, 0.6) is 0 Å². The van der Waals surface area contributed by atoms with Crippen LogP contribution in [0.2, 0.25) is 0 Å². The van der Waals surface area contributed by atoms with E-state index in [9.17, 15) is 8.42 Å². The van der Waals surface area contributed by atoms with Crippen LogP contribution in [0.15, 0.2) is 27.6 Å². The van der Waals surface area contributed by atoms with Gasteiger partial charge in [-0.2, -0.15) is 4.31 Å². The Labute approximate surface area is 115 Å². The number of benzene rings is 1. The van der Waals surface area contributed by atoms with Crippen LogP contribution in [-0.2, 0) is 14.8 Å². The maximum atomic E-state index is 12.6. The van der Waals surface area contributed by atoms with Crippen LogP contribution in [0.3, 0.4) is 0 Å². The molecule has 1 aliphatic heterocycles. The number of sulfonamides is 1. The largest absolute Gasteiger partial charge is 0.399 e. The van der Waals surface area contributed by atoms with Crippen molar-refractivity contribution in [2.45, 2.75) is 17.9 Å². The Bertz CT molecular complexity index is 547. The number of nitrogens with two attached hydrogens (primary N) is 1. The average Bonchev–Trinajstić information content (AvgIpc) is 2.32. The number of hydrogen-bond donors (Lipinski definition) is 1. The summed E-state index contributed by atoms with van der Waals surface area (Å²) in [6.45, 7) is 3.03. The molecule has 1 saturated heterocycles. The minimum atomic E-state index is -3.54. The first-order chi connectivity index (χ1) is 8.43. The van der Waals surface area contributed by atoms with Gasteiger partial charge in [0.25, 0.3) is 0 Å². The zero-order valence-corrected chi connectivity index (χ0v) is 12.4. The molecule has 0 bridgehead atoms. The summed E-state index contributed by atoms with van der Waals surface area (Å²) in [5.74, 6) is 0. The van der Waals surface area contributed by atoms with Gasteiger partial charge in [0.15, 0.2) is 0 Å². The van der Waals surface area contributed by atoms with Crippen LogP contribution < -0.4 is 5.73 Å². The van der Waals surface area contributed by atoms with Gasteiger partial charge in [0.1, 0.15) is 0 Å². The molecular weight excluding hydrogens is 320 g/mol. The molecule has 0 aromatic heterocycles. The molecule has 7 heteroatoms. The molecule has 1 atom stereocenters. The maximum Gasteiger partial charge on any atom is 0.244 e. The molecule has 0 aliphatic carbocycles. The van der Waals surface area contributed by atoms with E-state index in [1.807, 2.05) is 6.92 Å². The van der Waals surface area contributed by atoms with E-state index in [-0.39, 0.29) is 10.9 Å². The summed E-state index contributed by atoms with van der Waals surface area (Å²) < 4.78 is 32.3. The molecule has 1 heterocycles. The van der Waals surface area contributed by atoms with E-state index in [1.54, 1.807) is 12.1 Å². The fourth-order valence-corrected chi connectivity index (χ4v) is 4.47. The van der Waals surface area contributed by atoms with Crippen LogP contribution in [0.4, 0.5) is 5.69 Å². The molecule has 1 aliphatic rings. The van der Waals surface area contributed by atoms with Gasteiger partial charge in [0.05, 0.1) is 18.1 Å². The molecule has 0 spiro atoms. The highest BCUT2D eigenvalue weighted by molar-refractivity contribution is 9.10. The van der Waals surface area contributed by atoms with Crippen LogP contribution >= 0.6 is 15.9 Å². The second kappa shape index (κ2) is 5.16. The molecule has 1 aromatic rings. The Balaban J connectivity index is 2.44. The summed E-state index contributed by atoms with van der Waals surface area (Å²) in [4.78, 5) is 0.205. The third-order valence-electron chi connectivity index (χ3n) is 2.85. The summed E-state index contributed by atoms with van der Waals surface area (Å²) in [7, 11) is -3.54. The molecule has 18 heavy (non-hydrogen) atoms. The van der Waals surface area contributed by atoms with E-state index in [0.717, 1.165) is 0 Å². The molecule has 1 aromatic carbocycles. The lowest BCUT2D eigenvalue weighted by Crippen LogP contribution is -2.47. The lowest BCUT2D eigenvalue weighted by Gasteiger charge is -2.32. The van der Waals surface area contributed by atoms with Crippen molar-refractivity contribution >= 4 is 31.6 Å². The molecule has 2 N–H and O–H groups in total. The first-order valence-electron chi connectivity index (χ1n) is 5.57. The highest BCUT2D eigenvalue weighted by atomic mass is 79.9. The highest BCUT2D eigenvalue weighted by Gasteiger charge is 2.32.